The van der Waals surface area contributed by atoms with Crippen molar-refractivity contribution < 1.29 is 14.5 Å². The summed E-state index contributed by atoms with van der Waals surface area (Å²) in [6.07, 6.45) is -0.460. The molecule has 7 nitrogen and oxygen atoms in total. The lowest BCUT2D eigenvalue weighted by molar-refractivity contribution is -0.385. The zero-order valence-corrected chi connectivity index (χ0v) is 14.3. The fourth-order valence-electron chi connectivity index (χ4n) is 1.95. The fraction of sp³-hybridized carbons (Fsp3) is 0.562. The molecule has 0 bridgehead atoms. The summed E-state index contributed by atoms with van der Waals surface area (Å²) in [5.74, 6) is 0. The third-order valence-corrected chi connectivity index (χ3v) is 3.01. The largest absolute Gasteiger partial charge is 0.444 e. The van der Waals surface area contributed by atoms with Gasteiger partial charge in [-0.3, -0.25) is 10.1 Å². The minimum absolute atomic E-state index is 0.115. The molecule has 128 valence electrons. The monoisotopic (exact) mass is 323 g/mol. The standard InChI is InChI=1S/C16H25N3O4/c1-11-6-7-13(8-14(11)19(21)22)10-17-9-12(2)18-15(20)23-16(3,4)5/h6-8,12,17H,9-10H2,1-5H3,(H,18,20). The predicted octanol–water partition coefficient (Wildman–Crippen LogP) is 2.91. The molecule has 0 saturated heterocycles. The summed E-state index contributed by atoms with van der Waals surface area (Å²) in [5.41, 5.74) is 1.05. The Morgan fingerprint density at radius 2 is 2.04 bits per heavy atom. The zero-order chi connectivity index (χ0) is 17.6. The van der Waals surface area contributed by atoms with E-state index in [-0.39, 0.29) is 16.7 Å². The molecule has 0 fully saturated rings. The number of nitro benzene ring substituents is 1. The third kappa shape index (κ3) is 7.10. The van der Waals surface area contributed by atoms with Gasteiger partial charge in [-0.2, -0.15) is 0 Å². The van der Waals surface area contributed by atoms with Gasteiger partial charge in [-0.05, 0) is 40.2 Å². The highest BCUT2D eigenvalue weighted by molar-refractivity contribution is 5.68. The quantitative estimate of drug-likeness (QED) is 0.620. The van der Waals surface area contributed by atoms with Crippen LogP contribution >= 0.6 is 0 Å². The first-order valence-corrected chi connectivity index (χ1v) is 7.52. The number of carbonyl (C=O) groups is 1. The minimum Gasteiger partial charge on any atom is -0.444 e. The molecule has 1 amide bonds. The number of amides is 1. The molecule has 2 N–H and O–H groups in total. The maximum Gasteiger partial charge on any atom is 0.407 e. The van der Waals surface area contributed by atoms with E-state index < -0.39 is 11.7 Å². The number of hydrogen-bond acceptors (Lipinski definition) is 5. The van der Waals surface area contributed by atoms with Crippen molar-refractivity contribution in [2.45, 2.75) is 52.8 Å². The van der Waals surface area contributed by atoms with E-state index in [1.165, 1.54) is 0 Å². The van der Waals surface area contributed by atoms with Crippen molar-refractivity contribution in [2.75, 3.05) is 6.54 Å². The van der Waals surface area contributed by atoms with E-state index in [9.17, 15) is 14.9 Å². The number of nitrogens with one attached hydrogen (secondary N) is 2. The van der Waals surface area contributed by atoms with Crippen molar-refractivity contribution in [3.63, 3.8) is 0 Å². The highest BCUT2D eigenvalue weighted by atomic mass is 16.6. The van der Waals surface area contributed by atoms with E-state index in [0.29, 0.717) is 18.7 Å². The van der Waals surface area contributed by atoms with Crippen LogP contribution in [0.2, 0.25) is 0 Å². The Kier molecular flexibility index (Phi) is 6.50. The average molecular weight is 323 g/mol. The lowest BCUT2D eigenvalue weighted by atomic mass is 10.1. The van der Waals surface area contributed by atoms with Crippen molar-refractivity contribution in [3.8, 4) is 0 Å². The summed E-state index contributed by atoms with van der Waals surface area (Å²) < 4.78 is 5.18. The molecule has 0 aliphatic carbocycles. The number of carbonyl (C=O) groups excluding carboxylic acids is 1. The molecule has 0 aliphatic heterocycles. The van der Waals surface area contributed by atoms with Crippen molar-refractivity contribution in [1.29, 1.82) is 0 Å². The Hall–Kier alpha value is -2.15. The second-order valence-electron chi connectivity index (χ2n) is 6.56. The highest BCUT2D eigenvalue weighted by Gasteiger charge is 2.17. The van der Waals surface area contributed by atoms with Crippen molar-refractivity contribution in [2.24, 2.45) is 0 Å². The van der Waals surface area contributed by atoms with E-state index >= 15 is 0 Å². The highest BCUT2D eigenvalue weighted by Crippen LogP contribution is 2.19. The number of aryl methyl sites for hydroxylation is 1. The maximum absolute atomic E-state index is 11.6. The molecule has 1 atom stereocenters. The van der Waals surface area contributed by atoms with Crippen LogP contribution in [-0.2, 0) is 11.3 Å². The van der Waals surface area contributed by atoms with Gasteiger partial charge in [-0.25, -0.2) is 4.79 Å². The van der Waals surface area contributed by atoms with E-state index in [4.69, 9.17) is 4.74 Å². The van der Waals surface area contributed by atoms with Gasteiger partial charge in [0.15, 0.2) is 0 Å². The van der Waals surface area contributed by atoms with Crippen molar-refractivity contribution in [3.05, 3.63) is 39.4 Å². The topological polar surface area (TPSA) is 93.5 Å². The molecule has 1 unspecified atom stereocenters. The molecule has 0 spiro atoms. The Morgan fingerprint density at radius 1 is 1.39 bits per heavy atom. The van der Waals surface area contributed by atoms with Crippen LogP contribution in [0.5, 0.6) is 0 Å². The van der Waals surface area contributed by atoms with Crippen LogP contribution in [0.3, 0.4) is 0 Å². The molecule has 1 aromatic rings. The van der Waals surface area contributed by atoms with Crippen molar-refractivity contribution >= 4 is 11.8 Å². The van der Waals surface area contributed by atoms with Crippen LogP contribution in [0.15, 0.2) is 18.2 Å². The molecule has 0 aliphatic rings. The lowest BCUT2D eigenvalue weighted by Crippen LogP contribution is -2.42. The van der Waals surface area contributed by atoms with E-state index in [0.717, 1.165) is 5.56 Å². The van der Waals surface area contributed by atoms with Crippen molar-refractivity contribution in [1.82, 2.24) is 10.6 Å². The summed E-state index contributed by atoms with van der Waals surface area (Å²) in [6.45, 7) is 10.00. The molecule has 0 heterocycles. The first-order chi connectivity index (χ1) is 10.6. The van der Waals surface area contributed by atoms with Crippen LogP contribution in [0.4, 0.5) is 10.5 Å². The summed E-state index contributed by atoms with van der Waals surface area (Å²) in [6, 6.07) is 5.03. The molecule has 1 aromatic carbocycles. The maximum atomic E-state index is 11.6. The van der Waals surface area contributed by atoms with Gasteiger partial charge < -0.3 is 15.4 Å². The Morgan fingerprint density at radius 3 is 2.61 bits per heavy atom. The molecule has 1 rings (SSSR count). The number of benzene rings is 1. The first kappa shape index (κ1) is 18.9. The smallest absolute Gasteiger partial charge is 0.407 e. The number of hydrogen-bond donors (Lipinski definition) is 2. The predicted molar refractivity (Wildman–Crippen MR) is 88.4 cm³/mol. The summed E-state index contributed by atoms with van der Waals surface area (Å²) in [7, 11) is 0. The fourth-order valence-corrected chi connectivity index (χ4v) is 1.95. The van der Waals surface area contributed by atoms with Crippen LogP contribution in [0, 0.1) is 17.0 Å². The summed E-state index contributed by atoms with van der Waals surface area (Å²) in [5, 5.41) is 16.8. The molecule has 0 saturated carbocycles. The number of nitro groups is 1. The first-order valence-electron chi connectivity index (χ1n) is 7.52. The van der Waals surface area contributed by atoms with E-state index in [1.54, 1.807) is 39.8 Å². The Bertz CT molecular complexity index is 567. The SMILES string of the molecule is Cc1ccc(CNCC(C)NC(=O)OC(C)(C)C)cc1[N+](=O)[O-]. The number of alkyl carbamates (subject to hydrolysis) is 1. The zero-order valence-electron chi connectivity index (χ0n) is 14.3. The van der Waals surface area contributed by atoms with Crippen LogP contribution < -0.4 is 10.6 Å². The van der Waals surface area contributed by atoms with Gasteiger partial charge in [0.1, 0.15) is 5.60 Å². The van der Waals surface area contributed by atoms with Gasteiger partial charge in [-0.1, -0.05) is 12.1 Å². The Labute approximate surface area is 136 Å². The number of ether oxygens (including phenoxy) is 1. The van der Waals surface area contributed by atoms with E-state index in [2.05, 4.69) is 10.6 Å². The second kappa shape index (κ2) is 7.92. The molecule has 7 heteroatoms. The van der Waals surface area contributed by atoms with Gasteiger partial charge in [0.2, 0.25) is 0 Å². The van der Waals surface area contributed by atoms with Gasteiger partial charge in [0, 0.05) is 30.8 Å². The number of rotatable bonds is 6. The van der Waals surface area contributed by atoms with Gasteiger partial charge >= 0.3 is 6.09 Å². The average Bonchev–Trinajstić information content (AvgIpc) is 2.37. The van der Waals surface area contributed by atoms with Gasteiger partial charge in [0.05, 0.1) is 4.92 Å². The molecule has 23 heavy (non-hydrogen) atoms. The number of nitrogens with zero attached hydrogens (tertiary/aromatic N) is 1. The van der Waals surface area contributed by atoms with Gasteiger partial charge in [-0.15, -0.1) is 0 Å². The second-order valence-corrected chi connectivity index (χ2v) is 6.56. The van der Waals surface area contributed by atoms with Gasteiger partial charge in [0.25, 0.3) is 5.69 Å². The van der Waals surface area contributed by atoms with Crippen LogP contribution in [-0.4, -0.2) is 29.2 Å². The molecule has 0 aromatic heterocycles. The molecule has 0 radical (unpaired) electrons. The molecular formula is C16H25N3O4. The summed E-state index contributed by atoms with van der Waals surface area (Å²) in [4.78, 5) is 22.2. The lowest BCUT2D eigenvalue weighted by Gasteiger charge is -2.22. The normalized spacial score (nSPS) is 12.6. The molecular weight excluding hydrogens is 298 g/mol. The summed E-state index contributed by atoms with van der Waals surface area (Å²) >= 11 is 0. The third-order valence-electron chi connectivity index (χ3n) is 3.01. The van der Waals surface area contributed by atoms with E-state index in [1.807, 2.05) is 13.0 Å². The Balaban J connectivity index is 2.43. The van der Waals surface area contributed by atoms with Crippen LogP contribution in [0.25, 0.3) is 0 Å². The van der Waals surface area contributed by atoms with Crippen LogP contribution in [0.1, 0.15) is 38.8 Å². The minimum atomic E-state index is -0.530.